The first kappa shape index (κ1) is 20.9. The van der Waals surface area contributed by atoms with Gasteiger partial charge in [-0.2, -0.15) is 4.98 Å². The summed E-state index contributed by atoms with van der Waals surface area (Å²) >= 11 is 0. The molecule has 3 unspecified atom stereocenters. The zero-order chi connectivity index (χ0) is 21.6. The van der Waals surface area contributed by atoms with Gasteiger partial charge in [0.1, 0.15) is 12.4 Å². The maximum absolute atomic E-state index is 12.6. The number of hydrogen-bond donors (Lipinski definition) is 1. The molecular formula is C24H34N4O3. The molecule has 1 aromatic rings. The largest absolute Gasteiger partial charge is 0.395 e. The minimum Gasteiger partial charge on any atom is -0.395 e. The summed E-state index contributed by atoms with van der Waals surface area (Å²) in [6, 6.07) is 0. The van der Waals surface area contributed by atoms with Gasteiger partial charge in [-0.3, -0.25) is 4.79 Å². The third kappa shape index (κ3) is 3.45. The van der Waals surface area contributed by atoms with E-state index in [0.29, 0.717) is 48.3 Å². The van der Waals surface area contributed by atoms with Crippen LogP contribution in [0.2, 0.25) is 0 Å². The molecule has 4 aliphatic rings. The second kappa shape index (κ2) is 7.84. The van der Waals surface area contributed by atoms with Gasteiger partial charge in [0.25, 0.3) is 0 Å². The number of allylic oxidation sites excluding steroid dienone is 2. The first-order valence-electron chi connectivity index (χ1n) is 11.9. The molecule has 0 aliphatic heterocycles. The van der Waals surface area contributed by atoms with Crippen molar-refractivity contribution in [3.8, 4) is 0 Å². The molecule has 2 N–H and O–H groups in total. The molecule has 168 valence electrons. The highest BCUT2D eigenvalue weighted by Gasteiger charge is 2.58. The maximum atomic E-state index is 12.6. The molecule has 4 aliphatic carbocycles. The number of aromatic nitrogens is 2. The van der Waals surface area contributed by atoms with E-state index in [2.05, 4.69) is 35.2 Å². The van der Waals surface area contributed by atoms with Gasteiger partial charge < -0.3 is 15.1 Å². The van der Waals surface area contributed by atoms with Crippen molar-refractivity contribution in [3.63, 3.8) is 0 Å². The molecule has 0 bridgehead atoms. The lowest BCUT2D eigenvalue weighted by Gasteiger charge is -2.57. The summed E-state index contributed by atoms with van der Waals surface area (Å²) in [6.07, 6.45) is 11.4. The number of hydrogen-bond acceptors (Lipinski definition) is 7. The van der Waals surface area contributed by atoms with Crippen LogP contribution in [0.5, 0.6) is 0 Å². The van der Waals surface area contributed by atoms with Gasteiger partial charge in [0.05, 0.1) is 18.7 Å². The van der Waals surface area contributed by atoms with E-state index in [4.69, 9.17) is 15.1 Å². The zero-order valence-corrected chi connectivity index (χ0v) is 18.7. The molecule has 1 aromatic heterocycles. The fourth-order valence-electron chi connectivity index (χ4n) is 7.15. The van der Waals surface area contributed by atoms with Gasteiger partial charge in [-0.15, -0.1) is 0 Å². The van der Waals surface area contributed by atoms with Gasteiger partial charge >= 0.3 is 0 Å². The molecule has 0 aromatic carbocycles. The third-order valence-corrected chi connectivity index (χ3v) is 8.97. The monoisotopic (exact) mass is 426 g/mol. The molecule has 0 saturated heterocycles. The fraction of sp³-hybridized carbons (Fsp3) is 0.750. The predicted octanol–water partition coefficient (Wildman–Crippen LogP) is 3.98. The Labute approximate surface area is 183 Å². The first-order valence-corrected chi connectivity index (χ1v) is 11.9. The number of ketones is 1. The highest BCUT2D eigenvalue weighted by atomic mass is 16.6. The topological polar surface area (TPSA) is 104 Å². The van der Waals surface area contributed by atoms with Crippen molar-refractivity contribution in [2.75, 3.05) is 6.61 Å². The van der Waals surface area contributed by atoms with Crippen LogP contribution < -0.4 is 5.73 Å². The lowest BCUT2D eigenvalue weighted by Crippen LogP contribution is -2.50. The van der Waals surface area contributed by atoms with Crippen LogP contribution in [0.4, 0.5) is 0 Å². The number of fused-ring (bicyclic) bond motifs is 5. The van der Waals surface area contributed by atoms with E-state index in [1.54, 1.807) is 5.57 Å². The summed E-state index contributed by atoms with van der Waals surface area (Å²) in [5.74, 6) is 3.57. The zero-order valence-electron chi connectivity index (χ0n) is 18.7. The molecule has 7 heteroatoms. The minimum atomic E-state index is -0.0445. The van der Waals surface area contributed by atoms with E-state index in [-0.39, 0.29) is 17.4 Å². The van der Waals surface area contributed by atoms with Crippen LogP contribution in [0.3, 0.4) is 0 Å². The molecule has 0 radical (unpaired) electrons. The summed E-state index contributed by atoms with van der Waals surface area (Å²) < 4.78 is 5.12. The lowest BCUT2D eigenvalue weighted by molar-refractivity contribution is -0.132. The highest BCUT2D eigenvalue weighted by Crippen LogP contribution is 2.64. The van der Waals surface area contributed by atoms with Crippen LogP contribution >= 0.6 is 0 Å². The Balaban J connectivity index is 1.24. The summed E-state index contributed by atoms with van der Waals surface area (Å²) in [7, 11) is 0. The van der Waals surface area contributed by atoms with E-state index >= 15 is 0 Å². The predicted molar refractivity (Wildman–Crippen MR) is 116 cm³/mol. The number of carbonyl (C=O) groups is 1. The Bertz CT molecular complexity index is 922. The lowest BCUT2D eigenvalue weighted by atomic mass is 9.47. The van der Waals surface area contributed by atoms with E-state index in [9.17, 15) is 4.79 Å². The standard InChI is InChI=1S/C24H34N4O3/c1-23-10-7-16(27-30-12-9-22-26-21(14-25)28-31-22)13-15(23)3-4-17-18-5-6-20(29)24(18,2)11-8-19(17)23/h13,17-19H,3-12,14,25H2,1-2H3/t17?,18?,19?,23-,24-/m0/s1. The summed E-state index contributed by atoms with van der Waals surface area (Å²) in [6.45, 7) is 5.41. The van der Waals surface area contributed by atoms with Crippen LogP contribution in [0.25, 0.3) is 0 Å². The third-order valence-electron chi connectivity index (χ3n) is 8.97. The fourth-order valence-corrected chi connectivity index (χ4v) is 7.15. The maximum Gasteiger partial charge on any atom is 0.230 e. The number of Topliss-reactive ketones (excluding diaryl/α,β-unsaturated/α-hetero) is 1. The van der Waals surface area contributed by atoms with Crippen LogP contribution in [-0.4, -0.2) is 28.2 Å². The molecule has 31 heavy (non-hydrogen) atoms. The van der Waals surface area contributed by atoms with Gasteiger partial charge in [0, 0.05) is 11.8 Å². The number of oxime groups is 1. The molecule has 7 nitrogen and oxygen atoms in total. The van der Waals surface area contributed by atoms with Crippen molar-refractivity contribution in [2.45, 2.75) is 78.2 Å². The van der Waals surface area contributed by atoms with Crippen LogP contribution in [-0.2, 0) is 22.6 Å². The van der Waals surface area contributed by atoms with Gasteiger partial charge in [0.15, 0.2) is 5.82 Å². The van der Waals surface area contributed by atoms with Crippen molar-refractivity contribution in [3.05, 3.63) is 23.4 Å². The number of rotatable bonds is 5. The van der Waals surface area contributed by atoms with Gasteiger partial charge in [-0.25, -0.2) is 0 Å². The average molecular weight is 427 g/mol. The Morgan fingerprint density at radius 1 is 1.16 bits per heavy atom. The normalized spacial score (nSPS) is 38.4. The van der Waals surface area contributed by atoms with E-state index in [1.165, 1.54) is 12.8 Å². The molecular weight excluding hydrogens is 392 g/mol. The Kier molecular flexibility index (Phi) is 5.27. The molecule has 0 spiro atoms. The molecule has 3 saturated carbocycles. The molecule has 5 rings (SSSR count). The van der Waals surface area contributed by atoms with Gasteiger partial charge in [-0.05, 0) is 74.2 Å². The second-order valence-corrected chi connectivity index (χ2v) is 10.4. The second-order valence-electron chi connectivity index (χ2n) is 10.4. The van der Waals surface area contributed by atoms with Gasteiger partial charge in [0.2, 0.25) is 5.89 Å². The molecule has 5 atom stereocenters. The smallest absolute Gasteiger partial charge is 0.230 e. The quantitative estimate of drug-likeness (QED) is 0.564. The number of nitrogens with two attached hydrogens (primary N) is 1. The summed E-state index contributed by atoms with van der Waals surface area (Å²) in [5.41, 5.74) is 8.28. The van der Waals surface area contributed by atoms with E-state index in [1.807, 2.05) is 0 Å². The minimum absolute atomic E-state index is 0.0445. The SMILES string of the molecule is C[C@]12CCC(=NOCCc3nc(CN)no3)C=C1CCC1C2CC[C@]2(C)C(=O)CCC12. The van der Waals surface area contributed by atoms with Crippen molar-refractivity contribution >= 4 is 11.5 Å². The summed E-state index contributed by atoms with van der Waals surface area (Å²) in [4.78, 5) is 22.3. The van der Waals surface area contributed by atoms with Crippen molar-refractivity contribution in [1.29, 1.82) is 0 Å². The van der Waals surface area contributed by atoms with Crippen molar-refractivity contribution in [2.24, 2.45) is 39.5 Å². The highest BCUT2D eigenvalue weighted by molar-refractivity contribution is 5.96. The van der Waals surface area contributed by atoms with E-state index < -0.39 is 0 Å². The summed E-state index contributed by atoms with van der Waals surface area (Å²) in [5, 5.41) is 8.19. The van der Waals surface area contributed by atoms with Crippen LogP contribution in [0.15, 0.2) is 21.3 Å². The van der Waals surface area contributed by atoms with E-state index in [0.717, 1.165) is 44.2 Å². The van der Waals surface area contributed by atoms with Crippen molar-refractivity contribution in [1.82, 2.24) is 10.1 Å². The first-order chi connectivity index (χ1) is 14.9. The number of nitrogens with zero attached hydrogens (tertiary/aromatic N) is 3. The van der Waals surface area contributed by atoms with Crippen LogP contribution in [0, 0.1) is 28.6 Å². The molecule has 1 heterocycles. The average Bonchev–Trinajstić information content (AvgIpc) is 3.35. The number of carbonyl (C=O) groups excluding carboxylic acids is 1. The van der Waals surface area contributed by atoms with Crippen molar-refractivity contribution < 1.29 is 14.2 Å². The molecule has 0 amide bonds. The van der Waals surface area contributed by atoms with Crippen LogP contribution in [0.1, 0.15) is 76.9 Å². The Morgan fingerprint density at radius 2 is 2.00 bits per heavy atom. The van der Waals surface area contributed by atoms with Gasteiger partial charge in [-0.1, -0.05) is 29.7 Å². The Morgan fingerprint density at radius 3 is 2.81 bits per heavy atom. The Hall–Kier alpha value is -2.02. The molecule has 3 fully saturated rings.